The summed E-state index contributed by atoms with van der Waals surface area (Å²) in [5.74, 6) is 0.829. The van der Waals surface area contributed by atoms with Crippen LogP contribution in [0.4, 0.5) is 0 Å². The molecule has 0 aliphatic rings. The third-order valence-corrected chi connectivity index (χ3v) is 2.87. The molecule has 0 spiro atoms. The van der Waals surface area contributed by atoms with E-state index in [1.54, 1.807) is 0 Å². The first-order chi connectivity index (χ1) is 6.80. The fourth-order valence-electron chi connectivity index (χ4n) is 1.76. The van der Waals surface area contributed by atoms with Crippen LogP contribution in [0.1, 0.15) is 37.8 Å². The average molecular weight is 188 g/mol. The van der Waals surface area contributed by atoms with Crippen molar-refractivity contribution in [3.63, 3.8) is 0 Å². The van der Waals surface area contributed by atoms with Gasteiger partial charge in [-0.05, 0) is 23.5 Å². The smallest absolute Gasteiger partial charge is 0.0250 e. The summed E-state index contributed by atoms with van der Waals surface area (Å²) in [6.45, 7) is 8.33. The van der Waals surface area contributed by atoms with E-state index in [4.69, 9.17) is 0 Å². The topological polar surface area (TPSA) is 0 Å². The Morgan fingerprint density at radius 2 is 2.00 bits per heavy atom. The molecule has 76 valence electrons. The third kappa shape index (κ3) is 3.02. The molecule has 1 rings (SSSR count). The van der Waals surface area contributed by atoms with Crippen molar-refractivity contribution < 1.29 is 0 Å². The molecule has 0 heterocycles. The van der Waals surface area contributed by atoms with Gasteiger partial charge in [0.25, 0.3) is 0 Å². The van der Waals surface area contributed by atoms with Gasteiger partial charge in [-0.3, -0.25) is 0 Å². The summed E-state index contributed by atoms with van der Waals surface area (Å²) in [5, 5.41) is 0. The van der Waals surface area contributed by atoms with E-state index in [1.807, 2.05) is 6.08 Å². The van der Waals surface area contributed by atoms with Crippen LogP contribution in [-0.2, 0) is 6.42 Å². The zero-order valence-electron chi connectivity index (χ0n) is 9.29. The number of hydrogen-bond acceptors (Lipinski definition) is 0. The molecule has 0 heteroatoms. The Morgan fingerprint density at radius 3 is 2.57 bits per heavy atom. The van der Waals surface area contributed by atoms with Crippen molar-refractivity contribution in [2.45, 2.75) is 33.1 Å². The van der Waals surface area contributed by atoms with Crippen LogP contribution in [0, 0.1) is 5.92 Å². The fourth-order valence-corrected chi connectivity index (χ4v) is 1.76. The van der Waals surface area contributed by atoms with Gasteiger partial charge in [0.1, 0.15) is 0 Å². The Labute approximate surface area is 87.7 Å². The molecule has 0 radical (unpaired) electrons. The Balaban J connectivity index is 2.70. The molecular formula is C14H20. The molecule has 0 saturated heterocycles. The van der Waals surface area contributed by atoms with Crippen molar-refractivity contribution in [2.75, 3.05) is 0 Å². The Hall–Kier alpha value is -1.04. The lowest BCUT2D eigenvalue weighted by Crippen LogP contribution is -2.01. The molecule has 0 bridgehead atoms. The number of benzene rings is 1. The van der Waals surface area contributed by atoms with E-state index in [1.165, 1.54) is 30.4 Å². The second-order valence-electron chi connectivity index (χ2n) is 3.84. The minimum Gasteiger partial charge on any atom is -0.0985 e. The van der Waals surface area contributed by atoms with Gasteiger partial charge >= 0.3 is 0 Å². The maximum Gasteiger partial charge on any atom is -0.0250 e. The highest BCUT2D eigenvalue weighted by Crippen LogP contribution is 2.16. The Kier molecular flexibility index (Phi) is 4.45. The minimum absolute atomic E-state index is 0.829. The summed E-state index contributed by atoms with van der Waals surface area (Å²) in [6.07, 6.45) is 5.66. The maximum absolute atomic E-state index is 3.79. The zero-order valence-corrected chi connectivity index (χ0v) is 9.29. The van der Waals surface area contributed by atoms with E-state index in [2.05, 4.69) is 44.7 Å². The predicted molar refractivity (Wildman–Crippen MR) is 64.3 cm³/mol. The molecule has 0 amide bonds. The number of hydrogen-bond donors (Lipinski definition) is 0. The second kappa shape index (κ2) is 5.64. The van der Waals surface area contributed by atoms with Gasteiger partial charge in [0, 0.05) is 0 Å². The van der Waals surface area contributed by atoms with Crippen molar-refractivity contribution in [1.82, 2.24) is 0 Å². The molecular weight excluding hydrogens is 168 g/mol. The van der Waals surface area contributed by atoms with Crippen molar-refractivity contribution in [3.05, 3.63) is 42.0 Å². The lowest BCUT2D eigenvalue weighted by Gasteiger charge is -2.12. The van der Waals surface area contributed by atoms with Gasteiger partial charge in [0.15, 0.2) is 0 Å². The van der Waals surface area contributed by atoms with Crippen LogP contribution in [0.2, 0.25) is 0 Å². The van der Waals surface area contributed by atoms with Gasteiger partial charge < -0.3 is 0 Å². The molecule has 0 aliphatic carbocycles. The van der Waals surface area contributed by atoms with E-state index >= 15 is 0 Å². The van der Waals surface area contributed by atoms with E-state index in [9.17, 15) is 0 Å². The molecule has 14 heavy (non-hydrogen) atoms. The molecule has 1 aromatic rings. The lowest BCUT2D eigenvalue weighted by molar-refractivity contribution is 0.490. The van der Waals surface area contributed by atoms with Gasteiger partial charge in [-0.25, -0.2) is 0 Å². The zero-order chi connectivity index (χ0) is 10.4. The van der Waals surface area contributed by atoms with E-state index in [0.29, 0.717) is 0 Å². The Bertz CT molecular complexity index is 282. The largest absolute Gasteiger partial charge is 0.0985 e. The first-order valence-electron chi connectivity index (χ1n) is 5.51. The van der Waals surface area contributed by atoms with E-state index < -0.39 is 0 Å². The van der Waals surface area contributed by atoms with E-state index in [0.717, 1.165) is 5.92 Å². The highest BCUT2D eigenvalue weighted by Gasteiger charge is 2.04. The van der Waals surface area contributed by atoms with Crippen molar-refractivity contribution in [3.8, 4) is 0 Å². The van der Waals surface area contributed by atoms with Crippen molar-refractivity contribution in [1.29, 1.82) is 0 Å². The van der Waals surface area contributed by atoms with E-state index in [-0.39, 0.29) is 0 Å². The number of rotatable bonds is 5. The van der Waals surface area contributed by atoms with Crippen LogP contribution < -0.4 is 0 Å². The lowest BCUT2D eigenvalue weighted by atomic mass is 9.94. The van der Waals surface area contributed by atoms with Gasteiger partial charge in [-0.1, -0.05) is 63.6 Å². The molecule has 0 aromatic heterocycles. The van der Waals surface area contributed by atoms with Crippen LogP contribution in [0.5, 0.6) is 0 Å². The van der Waals surface area contributed by atoms with Gasteiger partial charge in [-0.15, -0.1) is 0 Å². The summed E-state index contributed by atoms with van der Waals surface area (Å²) in [5.41, 5.74) is 2.67. The highest BCUT2D eigenvalue weighted by atomic mass is 14.1. The third-order valence-electron chi connectivity index (χ3n) is 2.87. The first kappa shape index (κ1) is 11.0. The molecule has 0 fully saturated rings. The summed E-state index contributed by atoms with van der Waals surface area (Å²) in [6, 6.07) is 8.68. The first-order valence-corrected chi connectivity index (χ1v) is 5.51. The molecule has 0 saturated carbocycles. The summed E-state index contributed by atoms with van der Waals surface area (Å²) in [7, 11) is 0. The maximum atomic E-state index is 3.79. The molecule has 1 aromatic carbocycles. The van der Waals surface area contributed by atoms with Gasteiger partial charge in [0.2, 0.25) is 0 Å². The Morgan fingerprint density at radius 1 is 1.29 bits per heavy atom. The average Bonchev–Trinajstić information content (AvgIpc) is 2.26. The second-order valence-corrected chi connectivity index (χ2v) is 3.84. The summed E-state index contributed by atoms with van der Waals surface area (Å²) < 4.78 is 0. The van der Waals surface area contributed by atoms with Crippen molar-refractivity contribution in [2.24, 2.45) is 5.92 Å². The molecule has 0 aliphatic heterocycles. The quantitative estimate of drug-likeness (QED) is 0.646. The standard InChI is InChI=1S/C14H20/c1-4-12(5-2)10-14-9-7-8-13(6-3)11-14/h6-9,11-12H,3-5,10H2,1-2H3. The molecule has 0 nitrogen and oxygen atoms in total. The van der Waals surface area contributed by atoms with Gasteiger partial charge in [0.05, 0.1) is 0 Å². The van der Waals surface area contributed by atoms with Crippen molar-refractivity contribution >= 4 is 6.08 Å². The highest BCUT2D eigenvalue weighted by molar-refractivity contribution is 5.47. The monoisotopic (exact) mass is 188 g/mol. The van der Waals surface area contributed by atoms with Crippen LogP contribution >= 0.6 is 0 Å². The van der Waals surface area contributed by atoms with Gasteiger partial charge in [-0.2, -0.15) is 0 Å². The van der Waals surface area contributed by atoms with Crippen LogP contribution in [-0.4, -0.2) is 0 Å². The summed E-state index contributed by atoms with van der Waals surface area (Å²) >= 11 is 0. The molecule has 0 atom stereocenters. The summed E-state index contributed by atoms with van der Waals surface area (Å²) in [4.78, 5) is 0. The van der Waals surface area contributed by atoms with Crippen LogP contribution in [0.3, 0.4) is 0 Å². The normalized spacial score (nSPS) is 10.5. The predicted octanol–water partition coefficient (Wildman–Crippen LogP) is 4.31. The minimum atomic E-state index is 0.829. The molecule has 0 unspecified atom stereocenters. The van der Waals surface area contributed by atoms with Crippen LogP contribution in [0.25, 0.3) is 6.08 Å². The SMILES string of the molecule is C=Cc1cccc(CC(CC)CC)c1. The molecule has 0 N–H and O–H groups in total. The van der Waals surface area contributed by atoms with Crippen LogP contribution in [0.15, 0.2) is 30.8 Å². The fraction of sp³-hybridized carbons (Fsp3) is 0.429.